The lowest BCUT2D eigenvalue weighted by Crippen LogP contribution is -2.35. The second kappa shape index (κ2) is 6.02. The third-order valence-corrected chi connectivity index (χ3v) is 4.48. The lowest BCUT2D eigenvalue weighted by atomic mass is 10.1. The molecule has 1 aromatic rings. The zero-order valence-electron chi connectivity index (χ0n) is 12.1. The minimum Gasteiger partial charge on any atom is -0.339 e. The van der Waals surface area contributed by atoms with Crippen LogP contribution in [0.3, 0.4) is 0 Å². The summed E-state index contributed by atoms with van der Waals surface area (Å²) in [5.41, 5.74) is -0.0573. The Bertz CT molecular complexity index is 600. The standard InChI is InChI=1S/C16H18F2N2O2/c17-11-5-6-14(13(18)8-11)19-16(22)10-7-15(21)20(9-10)12-3-1-2-4-12/h5-6,8,10,12H,1-4,7,9H2,(H,19,22). The molecule has 3 rings (SSSR count). The second-order valence-corrected chi connectivity index (χ2v) is 6.00. The molecule has 0 spiro atoms. The van der Waals surface area contributed by atoms with E-state index in [0.29, 0.717) is 6.54 Å². The summed E-state index contributed by atoms with van der Waals surface area (Å²) in [6, 6.07) is 3.24. The zero-order valence-corrected chi connectivity index (χ0v) is 12.1. The Morgan fingerprint density at radius 3 is 2.64 bits per heavy atom. The Morgan fingerprint density at radius 1 is 1.23 bits per heavy atom. The molecule has 22 heavy (non-hydrogen) atoms. The molecule has 2 aliphatic rings. The smallest absolute Gasteiger partial charge is 0.229 e. The Morgan fingerprint density at radius 2 is 1.95 bits per heavy atom. The van der Waals surface area contributed by atoms with Gasteiger partial charge in [-0.2, -0.15) is 0 Å². The van der Waals surface area contributed by atoms with Gasteiger partial charge in [0.05, 0.1) is 11.6 Å². The zero-order chi connectivity index (χ0) is 15.7. The molecular weight excluding hydrogens is 290 g/mol. The van der Waals surface area contributed by atoms with Gasteiger partial charge in [-0.15, -0.1) is 0 Å². The van der Waals surface area contributed by atoms with Crippen molar-refractivity contribution in [2.45, 2.75) is 38.1 Å². The van der Waals surface area contributed by atoms with E-state index in [1.807, 2.05) is 0 Å². The van der Waals surface area contributed by atoms with Crippen molar-refractivity contribution in [2.24, 2.45) is 5.92 Å². The van der Waals surface area contributed by atoms with Crippen LogP contribution in [0.2, 0.25) is 0 Å². The number of amides is 2. The first-order valence-electron chi connectivity index (χ1n) is 7.60. The quantitative estimate of drug-likeness (QED) is 0.933. The summed E-state index contributed by atoms with van der Waals surface area (Å²) in [6.45, 7) is 0.387. The Balaban J connectivity index is 1.64. The van der Waals surface area contributed by atoms with Gasteiger partial charge in [0.2, 0.25) is 11.8 Å². The van der Waals surface area contributed by atoms with Crippen LogP contribution in [0.5, 0.6) is 0 Å². The number of benzene rings is 1. The number of carbonyl (C=O) groups excluding carboxylic acids is 2. The Labute approximate surface area is 127 Å². The summed E-state index contributed by atoms with van der Waals surface area (Å²) < 4.78 is 26.4. The molecule has 4 nitrogen and oxygen atoms in total. The highest BCUT2D eigenvalue weighted by Crippen LogP contribution is 2.30. The van der Waals surface area contributed by atoms with Gasteiger partial charge in [0.1, 0.15) is 11.6 Å². The van der Waals surface area contributed by atoms with Gasteiger partial charge >= 0.3 is 0 Å². The highest BCUT2D eigenvalue weighted by atomic mass is 19.1. The molecule has 0 bridgehead atoms. The van der Waals surface area contributed by atoms with Crippen molar-refractivity contribution in [3.8, 4) is 0 Å². The molecule has 2 fully saturated rings. The maximum absolute atomic E-state index is 13.6. The maximum Gasteiger partial charge on any atom is 0.229 e. The van der Waals surface area contributed by atoms with Crippen LogP contribution in [0.1, 0.15) is 32.1 Å². The van der Waals surface area contributed by atoms with Crippen molar-refractivity contribution in [1.82, 2.24) is 4.90 Å². The van der Waals surface area contributed by atoms with Gasteiger partial charge in [0, 0.05) is 25.1 Å². The molecule has 1 saturated heterocycles. The van der Waals surface area contributed by atoms with Crippen LogP contribution < -0.4 is 5.32 Å². The SMILES string of the molecule is O=C(Nc1ccc(F)cc1F)C1CC(=O)N(C2CCCC2)C1. The van der Waals surface area contributed by atoms with Crippen LogP contribution in [0, 0.1) is 17.6 Å². The molecular formula is C16H18F2N2O2. The Kier molecular flexibility index (Phi) is 4.09. The van der Waals surface area contributed by atoms with E-state index >= 15 is 0 Å². The van der Waals surface area contributed by atoms with E-state index in [0.717, 1.165) is 37.8 Å². The molecule has 1 aromatic carbocycles. The minimum atomic E-state index is -0.815. The number of hydrogen-bond donors (Lipinski definition) is 1. The van der Waals surface area contributed by atoms with Crippen molar-refractivity contribution in [2.75, 3.05) is 11.9 Å². The lowest BCUT2D eigenvalue weighted by Gasteiger charge is -2.23. The van der Waals surface area contributed by atoms with Gasteiger partial charge in [-0.1, -0.05) is 12.8 Å². The first-order valence-corrected chi connectivity index (χ1v) is 7.60. The van der Waals surface area contributed by atoms with E-state index < -0.39 is 17.6 Å². The number of halogens is 2. The molecule has 1 atom stereocenters. The molecule has 2 amide bonds. The average molecular weight is 308 g/mol. The molecule has 1 aliphatic heterocycles. The van der Waals surface area contributed by atoms with Crippen LogP contribution in [0.25, 0.3) is 0 Å². The van der Waals surface area contributed by atoms with Crippen molar-refractivity contribution in [3.05, 3.63) is 29.8 Å². The third-order valence-electron chi connectivity index (χ3n) is 4.48. The van der Waals surface area contributed by atoms with Gasteiger partial charge in [-0.05, 0) is 25.0 Å². The van der Waals surface area contributed by atoms with E-state index in [-0.39, 0.29) is 30.0 Å². The molecule has 1 unspecified atom stereocenters. The number of rotatable bonds is 3. The Hall–Kier alpha value is -1.98. The number of anilines is 1. The highest BCUT2D eigenvalue weighted by Gasteiger charge is 2.38. The summed E-state index contributed by atoms with van der Waals surface area (Å²) in [5, 5.41) is 2.45. The lowest BCUT2D eigenvalue weighted by molar-refractivity contribution is -0.129. The van der Waals surface area contributed by atoms with E-state index in [2.05, 4.69) is 5.32 Å². The molecule has 6 heteroatoms. The van der Waals surface area contributed by atoms with Crippen molar-refractivity contribution in [1.29, 1.82) is 0 Å². The average Bonchev–Trinajstić information content (AvgIpc) is 3.10. The van der Waals surface area contributed by atoms with Crippen molar-refractivity contribution >= 4 is 17.5 Å². The van der Waals surface area contributed by atoms with Crippen LogP contribution >= 0.6 is 0 Å². The van der Waals surface area contributed by atoms with Crippen LogP contribution in [-0.2, 0) is 9.59 Å². The van der Waals surface area contributed by atoms with Crippen molar-refractivity contribution in [3.63, 3.8) is 0 Å². The van der Waals surface area contributed by atoms with E-state index in [9.17, 15) is 18.4 Å². The molecule has 0 radical (unpaired) electrons. The number of nitrogens with zero attached hydrogens (tertiary/aromatic N) is 1. The molecule has 1 heterocycles. The first kappa shape index (κ1) is 14.9. The minimum absolute atomic E-state index is 0.00775. The predicted octanol–water partition coefficient (Wildman–Crippen LogP) is 2.69. The predicted molar refractivity (Wildman–Crippen MR) is 77.1 cm³/mol. The molecule has 1 aliphatic carbocycles. The summed E-state index contributed by atoms with van der Waals surface area (Å²) >= 11 is 0. The molecule has 118 valence electrons. The number of carbonyl (C=O) groups is 2. The normalized spacial score (nSPS) is 22.4. The highest BCUT2D eigenvalue weighted by molar-refractivity contribution is 5.97. The van der Waals surface area contributed by atoms with Crippen LogP contribution in [-0.4, -0.2) is 29.3 Å². The van der Waals surface area contributed by atoms with E-state index in [1.54, 1.807) is 4.90 Å². The van der Waals surface area contributed by atoms with Gasteiger partial charge in [0.25, 0.3) is 0 Å². The van der Waals surface area contributed by atoms with Crippen LogP contribution in [0.15, 0.2) is 18.2 Å². The van der Waals surface area contributed by atoms with Gasteiger partial charge in [-0.3, -0.25) is 9.59 Å². The summed E-state index contributed by atoms with van der Waals surface area (Å²) in [6.07, 6.45) is 4.38. The number of hydrogen-bond acceptors (Lipinski definition) is 2. The summed E-state index contributed by atoms with van der Waals surface area (Å²) in [4.78, 5) is 26.1. The fourth-order valence-corrected chi connectivity index (χ4v) is 3.30. The second-order valence-electron chi connectivity index (χ2n) is 6.00. The topological polar surface area (TPSA) is 49.4 Å². The molecule has 1 N–H and O–H groups in total. The number of likely N-dealkylation sites (tertiary alicyclic amines) is 1. The number of nitrogens with one attached hydrogen (secondary N) is 1. The third kappa shape index (κ3) is 2.96. The summed E-state index contributed by atoms with van der Waals surface area (Å²) in [5.74, 6) is -2.38. The van der Waals surface area contributed by atoms with Crippen LogP contribution in [0.4, 0.5) is 14.5 Å². The fraction of sp³-hybridized carbons (Fsp3) is 0.500. The summed E-state index contributed by atoms with van der Waals surface area (Å²) in [7, 11) is 0. The fourth-order valence-electron chi connectivity index (χ4n) is 3.30. The monoisotopic (exact) mass is 308 g/mol. The van der Waals surface area contributed by atoms with E-state index in [4.69, 9.17) is 0 Å². The molecule has 0 aromatic heterocycles. The van der Waals surface area contributed by atoms with Gasteiger partial charge in [0.15, 0.2) is 0 Å². The maximum atomic E-state index is 13.6. The van der Waals surface area contributed by atoms with E-state index in [1.165, 1.54) is 6.07 Å². The van der Waals surface area contributed by atoms with Crippen molar-refractivity contribution < 1.29 is 18.4 Å². The molecule has 1 saturated carbocycles. The van der Waals surface area contributed by atoms with Gasteiger partial charge in [-0.25, -0.2) is 8.78 Å². The van der Waals surface area contributed by atoms with Gasteiger partial charge < -0.3 is 10.2 Å². The first-order chi connectivity index (χ1) is 10.5. The largest absolute Gasteiger partial charge is 0.339 e.